The molecule has 0 N–H and O–H groups in total. The topological polar surface area (TPSA) is 0 Å². The van der Waals surface area contributed by atoms with Gasteiger partial charge in [-0.1, -0.05) is 40.5 Å². The molecule has 68 valence electrons. The van der Waals surface area contributed by atoms with Crippen LogP contribution in [0.15, 0.2) is 13.2 Å². The van der Waals surface area contributed by atoms with Gasteiger partial charge in [-0.2, -0.15) is 0 Å². The third-order valence-corrected chi connectivity index (χ3v) is 2.20. The van der Waals surface area contributed by atoms with Crippen LogP contribution in [0.5, 0.6) is 0 Å². The van der Waals surface area contributed by atoms with Crippen molar-refractivity contribution in [3.63, 3.8) is 0 Å². The maximum atomic E-state index is 3.00. The van der Waals surface area contributed by atoms with E-state index < -0.39 is 0 Å². The smallest absolute Gasteiger partial charge is 0.0440 e. The molecule has 1 saturated carbocycles. The molecule has 2 unspecified atom stereocenters. The monoisotopic (exact) mass is 156 g/mol. The average molecular weight is 156 g/mol. The van der Waals surface area contributed by atoms with Crippen LogP contribution in [0.4, 0.5) is 0 Å². The van der Waals surface area contributed by atoms with E-state index in [2.05, 4.69) is 27.0 Å². The summed E-state index contributed by atoms with van der Waals surface area (Å²) in [5.41, 5.74) is 0. The Hall–Kier alpha value is -0.260. The molecular formula is C11H24. The summed E-state index contributed by atoms with van der Waals surface area (Å²) < 4.78 is 0. The molecule has 0 aromatic heterocycles. The van der Waals surface area contributed by atoms with Crippen molar-refractivity contribution in [3.8, 4) is 0 Å². The van der Waals surface area contributed by atoms with Crippen LogP contribution < -0.4 is 0 Å². The first-order valence-corrected chi connectivity index (χ1v) is 4.29. The molecule has 1 rings (SSSR count). The fraction of sp³-hybridized carbons (Fsp3) is 0.818. The molecule has 2 atom stereocenters. The molecule has 1 aliphatic carbocycles. The Morgan fingerprint density at radius 2 is 1.36 bits per heavy atom. The van der Waals surface area contributed by atoms with Gasteiger partial charge in [0.1, 0.15) is 0 Å². The minimum atomic E-state index is 0. The number of hydrogen-bond acceptors (Lipinski definition) is 0. The predicted octanol–water partition coefficient (Wildman–Crippen LogP) is 4.27. The third kappa shape index (κ3) is 6.15. The Morgan fingerprint density at radius 1 is 1.00 bits per heavy atom. The van der Waals surface area contributed by atoms with Crippen LogP contribution in [0.2, 0.25) is 0 Å². The first-order chi connectivity index (χ1) is 4.79. The lowest BCUT2D eigenvalue weighted by Crippen LogP contribution is -2.09. The number of rotatable bonds is 0. The minimum Gasteiger partial charge on any atom is -0.106 e. The Morgan fingerprint density at radius 3 is 1.55 bits per heavy atom. The summed E-state index contributed by atoms with van der Waals surface area (Å²) in [6, 6.07) is 0. The molecule has 0 heterocycles. The molecular weight excluding hydrogens is 132 g/mol. The zero-order valence-electron chi connectivity index (χ0n) is 7.40. The lowest BCUT2D eigenvalue weighted by atomic mass is 9.84. The van der Waals surface area contributed by atoms with Crippen molar-refractivity contribution >= 4 is 0 Å². The Kier molecular flexibility index (Phi) is 9.51. The second-order valence-corrected chi connectivity index (χ2v) is 3.38. The molecule has 1 fully saturated rings. The first kappa shape index (κ1) is 13.3. The fourth-order valence-electron chi connectivity index (χ4n) is 1.74. The largest absolute Gasteiger partial charge is 0.106 e. The molecule has 0 aliphatic heterocycles. The maximum absolute atomic E-state index is 3.00. The van der Waals surface area contributed by atoms with Gasteiger partial charge >= 0.3 is 0 Å². The van der Waals surface area contributed by atoms with Crippen molar-refractivity contribution in [1.29, 1.82) is 0 Å². The SMILES string of the molecule is C.C=C.CC1CCCC(C)C1. The summed E-state index contributed by atoms with van der Waals surface area (Å²) in [6.07, 6.45) is 5.90. The quantitative estimate of drug-likeness (QED) is 0.459. The standard InChI is InChI=1S/C8H16.C2H4.CH4/c1-7-4-3-5-8(2)6-7;1-2;/h7-8H,3-6H2,1-2H3;1-2H2;1H4. The van der Waals surface area contributed by atoms with Crippen molar-refractivity contribution in [3.05, 3.63) is 13.2 Å². The van der Waals surface area contributed by atoms with Gasteiger partial charge in [-0.05, 0) is 18.3 Å². The molecule has 0 nitrogen and oxygen atoms in total. The van der Waals surface area contributed by atoms with Gasteiger partial charge < -0.3 is 0 Å². The second kappa shape index (κ2) is 7.84. The number of hydrogen-bond donors (Lipinski definition) is 0. The van der Waals surface area contributed by atoms with Gasteiger partial charge in [0.15, 0.2) is 0 Å². The van der Waals surface area contributed by atoms with E-state index in [0.29, 0.717) is 0 Å². The van der Waals surface area contributed by atoms with Crippen LogP contribution in [-0.2, 0) is 0 Å². The van der Waals surface area contributed by atoms with Gasteiger partial charge in [0.05, 0.1) is 0 Å². The van der Waals surface area contributed by atoms with Crippen LogP contribution in [0.1, 0.15) is 47.0 Å². The van der Waals surface area contributed by atoms with Gasteiger partial charge in [0, 0.05) is 0 Å². The highest BCUT2D eigenvalue weighted by Gasteiger charge is 2.13. The molecule has 0 amide bonds. The van der Waals surface area contributed by atoms with Crippen LogP contribution in [-0.4, -0.2) is 0 Å². The molecule has 0 spiro atoms. The molecule has 0 radical (unpaired) electrons. The van der Waals surface area contributed by atoms with Crippen molar-refractivity contribution < 1.29 is 0 Å². The summed E-state index contributed by atoms with van der Waals surface area (Å²) in [7, 11) is 0. The maximum Gasteiger partial charge on any atom is -0.0440 e. The van der Waals surface area contributed by atoms with E-state index in [1.807, 2.05) is 0 Å². The van der Waals surface area contributed by atoms with E-state index in [4.69, 9.17) is 0 Å². The predicted molar refractivity (Wildman–Crippen MR) is 54.8 cm³/mol. The third-order valence-electron chi connectivity index (χ3n) is 2.20. The normalized spacial score (nSPS) is 29.3. The van der Waals surface area contributed by atoms with E-state index in [1.54, 1.807) is 0 Å². The lowest BCUT2D eigenvalue weighted by molar-refractivity contribution is 0.301. The molecule has 0 bridgehead atoms. The Balaban J connectivity index is 0. The molecule has 0 saturated heterocycles. The average Bonchev–Trinajstić information content (AvgIpc) is 1.91. The van der Waals surface area contributed by atoms with Crippen LogP contribution in [0.25, 0.3) is 0 Å². The molecule has 0 aromatic carbocycles. The first-order valence-electron chi connectivity index (χ1n) is 4.29. The van der Waals surface area contributed by atoms with E-state index >= 15 is 0 Å². The highest BCUT2D eigenvalue weighted by atomic mass is 14.2. The molecule has 1 aliphatic rings. The summed E-state index contributed by atoms with van der Waals surface area (Å²) in [6.45, 7) is 10.7. The minimum absolute atomic E-state index is 0. The highest BCUT2D eigenvalue weighted by molar-refractivity contribution is 4.66. The van der Waals surface area contributed by atoms with E-state index in [9.17, 15) is 0 Å². The zero-order valence-corrected chi connectivity index (χ0v) is 7.40. The van der Waals surface area contributed by atoms with E-state index in [1.165, 1.54) is 25.7 Å². The van der Waals surface area contributed by atoms with Crippen molar-refractivity contribution in [1.82, 2.24) is 0 Å². The van der Waals surface area contributed by atoms with Crippen LogP contribution in [0, 0.1) is 11.8 Å². The fourth-order valence-corrected chi connectivity index (χ4v) is 1.74. The summed E-state index contributed by atoms with van der Waals surface area (Å²) in [5.74, 6) is 2.03. The lowest BCUT2D eigenvalue weighted by Gasteiger charge is -2.22. The van der Waals surface area contributed by atoms with Crippen LogP contribution >= 0.6 is 0 Å². The summed E-state index contributed by atoms with van der Waals surface area (Å²) in [4.78, 5) is 0. The van der Waals surface area contributed by atoms with Crippen molar-refractivity contribution in [2.45, 2.75) is 47.0 Å². The van der Waals surface area contributed by atoms with E-state index in [0.717, 1.165) is 11.8 Å². The molecule has 0 heteroatoms. The Bertz CT molecular complexity index is 68.1. The highest BCUT2D eigenvalue weighted by Crippen LogP contribution is 2.27. The molecule has 0 aromatic rings. The van der Waals surface area contributed by atoms with Crippen molar-refractivity contribution in [2.24, 2.45) is 11.8 Å². The van der Waals surface area contributed by atoms with Gasteiger partial charge in [-0.15, -0.1) is 13.2 Å². The van der Waals surface area contributed by atoms with Gasteiger partial charge in [0.2, 0.25) is 0 Å². The summed E-state index contributed by atoms with van der Waals surface area (Å²) >= 11 is 0. The Labute approximate surface area is 72.7 Å². The van der Waals surface area contributed by atoms with E-state index in [-0.39, 0.29) is 7.43 Å². The van der Waals surface area contributed by atoms with Gasteiger partial charge in [0.25, 0.3) is 0 Å². The summed E-state index contributed by atoms with van der Waals surface area (Å²) in [5, 5.41) is 0. The van der Waals surface area contributed by atoms with Gasteiger partial charge in [-0.25, -0.2) is 0 Å². The van der Waals surface area contributed by atoms with Gasteiger partial charge in [-0.3, -0.25) is 0 Å². The van der Waals surface area contributed by atoms with Crippen molar-refractivity contribution in [2.75, 3.05) is 0 Å². The second-order valence-electron chi connectivity index (χ2n) is 3.38. The van der Waals surface area contributed by atoms with Crippen LogP contribution in [0.3, 0.4) is 0 Å². The molecule has 11 heavy (non-hydrogen) atoms. The zero-order chi connectivity index (χ0) is 7.98.